The topological polar surface area (TPSA) is 96.5 Å². The normalized spacial score (nSPS) is 10.8. The van der Waals surface area contributed by atoms with Gasteiger partial charge in [-0.05, 0) is 49.4 Å². The lowest BCUT2D eigenvalue weighted by atomic mass is 10.1. The average molecular weight is 451 g/mol. The molecule has 5 aromatic rings. The van der Waals surface area contributed by atoms with Crippen molar-refractivity contribution in [2.24, 2.45) is 0 Å². The fourth-order valence-corrected chi connectivity index (χ4v) is 4.62. The molecule has 0 aliphatic heterocycles. The van der Waals surface area contributed by atoms with Crippen LogP contribution in [0.15, 0.2) is 73.2 Å². The number of pyridine rings is 2. The van der Waals surface area contributed by atoms with Gasteiger partial charge in [0, 0.05) is 50.5 Å². The number of amides is 1. The summed E-state index contributed by atoms with van der Waals surface area (Å²) in [5.74, 6) is -0.233. The lowest BCUT2D eigenvalue weighted by molar-refractivity contribution is -0.116. The molecule has 0 radical (unpaired) electrons. The van der Waals surface area contributed by atoms with Gasteiger partial charge in [-0.3, -0.25) is 19.4 Å². The van der Waals surface area contributed by atoms with E-state index < -0.39 is 0 Å². The van der Waals surface area contributed by atoms with Gasteiger partial charge >= 0.3 is 0 Å². The highest BCUT2D eigenvalue weighted by Gasteiger charge is 2.18. The van der Waals surface area contributed by atoms with Gasteiger partial charge in [-0.15, -0.1) is 11.3 Å². The number of nitriles is 1. The van der Waals surface area contributed by atoms with E-state index in [1.807, 2.05) is 43.6 Å². The maximum Gasteiger partial charge on any atom is 0.246 e. The fraction of sp³-hybridized carbons (Fsp3) is 0.0800. The number of aryl methyl sites for hydroxylation is 1. The SMILES string of the molecule is Cc1cccc(-c2nn(CC(=O)Nc3cccc(C#N)c3)cc2-c2cc3cnccc3s2)n1. The number of carbonyl (C=O) groups excluding carboxylic acids is 1. The van der Waals surface area contributed by atoms with E-state index in [9.17, 15) is 4.79 Å². The Balaban J connectivity index is 1.50. The first kappa shape index (κ1) is 20.5. The molecule has 1 amide bonds. The summed E-state index contributed by atoms with van der Waals surface area (Å²) in [4.78, 5) is 22.6. The number of fused-ring (bicyclic) bond motifs is 1. The number of benzene rings is 1. The summed E-state index contributed by atoms with van der Waals surface area (Å²) in [5, 5.41) is 17.7. The van der Waals surface area contributed by atoms with Crippen molar-refractivity contribution in [2.75, 3.05) is 5.32 Å². The number of anilines is 1. The van der Waals surface area contributed by atoms with Crippen molar-refractivity contribution in [1.29, 1.82) is 5.26 Å². The minimum Gasteiger partial charge on any atom is -0.324 e. The molecule has 8 heteroatoms. The third-order valence-corrected chi connectivity index (χ3v) is 6.21. The van der Waals surface area contributed by atoms with Crippen LogP contribution in [-0.2, 0) is 11.3 Å². The Kier molecular flexibility index (Phi) is 5.39. The molecule has 5 rings (SSSR count). The smallest absolute Gasteiger partial charge is 0.246 e. The first-order valence-electron chi connectivity index (χ1n) is 10.2. The van der Waals surface area contributed by atoms with Crippen LogP contribution in [-0.4, -0.2) is 25.7 Å². The first-order chi connectivity index (χ1) is 16.1. The van der Waals surface area contributed by atoms with E-state index in [2.05, 4.69) is 27.4 Å². The highest BCUT2D eigenvalue weighted by molar-refractivity contribution is 7.22. The molecule has 0 saturated carbocycles. The van der Waals surface area contributed by atoms with Gasteiger partial charge in [0.1, 0.15) is 12.2 Å². The summed E-state index contributed by atoms with van der Waals surface area (Å²) in [6, 6.07) is 18.8. The van der Waals surface area contributed by atoms with Gasteiger partial charge in [0.2, 0.25) is 5.91 Å². The summed E-state index contributed by atoms with van der Waals surface area (Å²) in [7, 11) is 0. The monoisotopic (exact) mass is 450 g/mol. The fourth-order valence-electron chi connectivity index (χ4n) is 3.58. The molecule has 4 aromatic heterocycles. The Morgan fingerprint density at radius 1 is 1.18 bits per heavy atom. The van der Waals surface area contributed by atoms with Crippen LogP contribution in [0, 0.1) is 18.3 Å². The Hall–Kier alpha value is -4.35. The number of carbonyl (C=O) groups is 1. The Morgan fingerprint density at radius 2 is 2.06 bits per heavy atom. The molecule has 0 atom stereocenters. The number of nitrogens with zero attached hydrogens (tertiary/aromatic N) is 5. The molecule has 0 saturated heterocycles. The minimum absolute atomic E-state index is 0.0298. The van der Waals surface area contributed by atoms with Crippen molar-refractivity contribution in [3.05, 3.63) is 84.4 Å². The van der Waals surface area contributed by atoms with E-state index in [-0.39, 0.29) is 12.5 Å². The zero-order valence-corrected chi connectivity index (χ0v) is 18.5. The first-order valence-corrected chi connectivity index (χ1v) is 11.1. The molecule has 0 aliphatic carbocycles. The van der Waals surface area contributed by atoms with E-state index in [4.69, 9.17) is 10.4 Å². The van der Waals surface area contributed by atoms with Crippen LogP contribution in [0.25, 0.3) is 31.9 Å². The van der Waals surface area contributed by atoms with Crippen molar-refractivity contribution < 1.29 is 4.79 Å². The molecule has 160 valence electrons. The number of hydrogen-bond acceptors (Lipinski definition) is 6. The predicted octanol–water partition coefficient (Wildman–Crippen LogP) is 5.04. The van der Waals surface area contributed by atoms with Gasteiger partial charge in [-0.1, -0.05) is 12.1 Å². The summed E-state index contributed by atoms with van der Waals surface area (Å²) < 4.78 is 2.76. The third-order valence-electron chi connectivity index (χ3n) is 5.06. The second-order valence-electron chi connectivity index (χ2n) is 7.52. The zero-order valence-electron chi connectivity index (χ0n) is 17.7. The van der Waals surface area contributed by atoms with Crippen LogP contribution in [0.2, 0.25) is 0 Å². The van der Waals surface area contributed by atoms with E-state index in [1.165, 1.54) is 0 Å². The summed E-state index contributed by atoms with van der Waals surface area (Å²) in [5.41, 5.74) is 4.33. The quantitative estimate of drug-likeness (QED) is 0.405. The van der Waals surface area contributed by atoms with E-state index in [0.29, 0.717) is 11.3 Å². The van der Waals surface area contributed by atoms with Crippen molar-refractivity contribution in [1.82, 2.24) is 19.7 Å². The summed E-state index contributed by atoms with van der Waals surface area (Å²) in [6.07, 6.45) is 5.50. The number of rotatable bonds is 5. The van der Waals surface area contributed by atoms with Crippen LogP contribution in [0.3, 0.4) is 0 Å². The minimum atomic E-state index is -0.233. The lowest BCUT2D eigenvalue weighted by Crippen LogP contribution is -2.19. The van der Waals surface area contributed by atoms with Gasteiger partial charge in [0.25, 0.3) is 0 Å². The molecule has 1 aromatic carbocycles. The predicted molar refractivity (Wildman–Crippen MR) is 129 cm³/mol. The molecule has 0 aliphatic rings. The molecule has 0 bridgehead atoms. The van der Waals surface area contributed by atoms with Gasteiger partial charge < -0.3 is 5.32 Å². The lowest BCUT2D eigenvalue weighted by Gasteiger charge is -2.05. The maximum absolute atomic E-state index is 12.7. The molecule has 0 unspecified atom stereocenters. The van der Waals surface area contributed by atoms with Gasteiger partial charge in [-0.25, -0.2) is 0 Å². The van der Waals surface area contributed by atoms with E-state index in [1.54, 1.807) is 46.5 Å². The molecule has 0 fully saturated rings. The van der Waals surface area contributed by atoms with Crippen LogP contribution >= 0.6 is 11.3 Å². The van der Waals surface area contributed by atoms with Crippen LogP contribution in [0.1, 0.15) is 11.3 Å². The number of hydrogen-bond donors (Lipinski definition) is 1. The van der Waals surface area contributed by atoms with E-state index >= 15 is 0 Å². The maximum atomic E-state index is 12.7. The largest absolute Gasteiger partial charge is 0.324 e. The Labute approximate surface area is 194 Å². The Morgan fingerprint density at radius 3 is 2.88 bits per heavy atom. The summed E-state index contributed by atoms with van der Waals surface area (Å²) >= 11 is 1.65. The Bertz CT molecular complexity index is 1490. The van der Waals surface area contributed by atoms with Crippen molar-refractivity contribution in [3.8, 4) is 27.9 Å². The van der Waals surface area contributed by atoms with Crippen LogP contribution in [0.5, 0.6) is 0 Å². The van der Waals surface area contributed by atoms with E-state index in [0.717, 1.165) is 37.6 Å². The molecule has 0 spiro atoms. The number of aromatic nitrogens is 4. The van der Waals surface area contributed by atoms with Crippen molar-refractivity contribution >= 4 is 33.0 Å². The van der Waals surface area contributed by atoms with Crippen molar-refractivity contribution in [3.63, 3.8) is 0 Å². The molecule has 1 N–H and O–H groups in total. The van der Waals surface area contributed by atoms with Gasteiger partial charge in [0.15, 0.2) is 0 Å². The second kappa shape index (κ2) is 8.65. The highest BCUT2D eigenvalue weighted by atomic mass is 32.1. The van der Waals surface area contributed by atoms with Crippen LogP contribution < -0.4 is 5.32 Å². The van der Waals surface area contributed by atoms with Gasteiger partial charge in [0.05, 0.1) is 17.3 Å². The molecular weight excluding hydrogens is 432 g/mol. The molecule has 7 nitrogen and oxygen atoms in total. The molecule has 33 heavy (non-hydrogen) atoms. The molecular formula is C25H18N6OS. The number of nitrogens with one attached hydrogen (secondary N) is 1. The summed E-state index contributed by atoms with van der Waals surface area (Å²) in [6.45, 7) is 1.97. The standard InChI is InChI=1S/C25H18N6OS/c1-16-4-2-7-21(28-16)25-20(23-11-18-13-27-9-8-22(18)33-23)14-31(30-25)15-24(32)29-19-6-3-5-17(10-19)12-26/h2-11,13-14H,15H2,1H3,(H,29,32). The highest BCUT2D eigenvalue weighted by Crippen LogP contribution is 2.37. The van der Waals surface area contributed by atoms with Gasteiger partial charge in [-0.2, -0.15) is 10.4 Å². The third kappa shape index (κ3) is 4.35. The van der Waals surface area contributed by atoms with Crippen LogP contribution in [0.4, 0.5) is 5.69 Å². The zero-order chi connectivity index (χ0) is 22.8. The average Bonchev–Trinajstić information content (AvgIpc) is 3.43. The molecule has 4 heterocycles. The van der Waals surface area contributed by atoms with Crippen molar-refractivity contribution in [2.45, 2.75) is 13.5 Å². The second-order valence-corrected chi connectivity index (χ2v) is 8.60. The number of thiophene rings is 1.